The predicted molar refractivity (Wildman–Crippen MR) is 47.3 cm³/mol. The second-order valence-electron chi connectivity index (χ2n) is 2.59. The lowest BCUT2D eigenvalue weighted by atomic mass is 10.3. The Morgan fingerprint density at radius 1 is 1.69 bits per heavy atom. The van der Waals surface area contributed by atoms with Gasteiger partial charge in [0.1, 0.15) is 0 Å². The molecular weight excluding hydrogens is 196 g/mol. The number of carbonyl (C=O) groups is 1. The Labute approximate surface area is 76.6 Å². The number of amides is 1. The van der Waals surface area contributed by atoms with Crippen LogP contribution in [0.15, 0.2) is 11.5 Å². The van der Waals surface area contributed by atoms with Gasteiger partial charge in [0, 0.05) is 12.6 Å². The zero-order chi connectivity index (χ0) is 10.6. The minimum Gasteiger partial charge on any atom is -0.350 e. The van der Waals surface area contributed by atoms with Crippen molar-refractivity contribution in [3.63, 3.8) is 0 Å². The summed E-state index contributed by atoms with van der Waals surface area (Å²) in [5.41, 5.74) is 5.29. The van der Waals surface area contributed by atoms with Gasteiger partial charge in [-0.25, -0.2) is 0 Å². The number of hydrogen-bond acceptors (Lipinski definition) is 4. The fourth-order valence-electron chi connectivity index (χ4n) is 0.469. The van der Waals surface area contributed by atoms with Crippen LogP contribution in [-0.2, 0) is 14.9 Å². The van der Waals surface area contributed by atoms with Gasteiger partial charge in [-0.05, 0) is 6.92 Å². The molecule has 0 aromatic heterocycles. The molecule has 0 aliphatic heterocycles. The van der Waals surface area contributed by atoms with E-state index in [-0.39, 0.29) is 12.6 Å². The highest BCUT2D eigenvalue weighted by atomic mass is 32.2. The Bertz CT molecular complexity index is 307. The van der Waals surface area contributed by atoms with Crippen molar-refractivity contribution in [3.8, 4) is 0 Å². The van der Waals surface area contributed by atoms with Crippen LogP contribution in [0.2, 0.25) is 0 Å². The van der Waals surface area contributed by atoms with Gasteiger partial charge < -0.3 is 11.1 Å². The third kappa shape index (κ3) is 4.61. The van der Waals surface area contributed by atoms with Crippen molar-refractivity contribution < 1.29 is 17.8 Å². The summed E-state index contributed by atoms with van der Waals surface area (Å²) in [6.07, 6.45) is 0. The first-order valence-corrected chi connectivity index (χ1v) is 4.89. The lowest BCUT2D eigenvalue weighted by Gasteiger charge is -2.07. The third-order valence-corrected chi connectivity index (χ3v) is 1.96. The number of nitrogens with one attached hydrogen (secondary N) is 1. The van der Waals surface area contributed by atoms with Crippen molar-refractivity contribution in [3.05, 3.63) is 11.5 Å². The molecular formula is C6H12N2O4S. The Balaban J connectivity index is 4.23. The first kappa shape index (κ1) is 12.1. The van der Waals surface area contributed by atoms with Crippen LogP contribution >= 0.6 is 0 Å². The fourth-order valence-corrected chi connectivity index (χ4v) is 0.776. The van der Waals surface area contributed by atoms with Crippen molar-refractivity contribution in [2.24, 2.45) is 5.73 Å². The molecule has 0 aromatic carbocycles. The Kier molecular flexibility index (Phi) is 4.05. The van der Waals surface area contributed by atoms with Gasteiger partial charge in [0.2, 0.25) is 0 Å². The van der Waals surface area contributed by atoms with Crippen molar-refractivity contribution in [1.82, 2.24) is 5.32 Å². The Morgan fingerprint density at radius 2 is 2.15 bits per heavy atom. The molecule has 7 heteroatoms. The van der Waals surface area contributed by atoms with E-state index in [2.05, 4.69) is 11.9 Å². The lowest BCUT2D eigenvalue weighted by Crippen LogP contribution is -2.36. The van der Waals surface area contributed by atoms with Crippen LogP contribution in [0.25, 0.3) is 0 Å². The number of rotatable bonds is 4. The van der Waals surface area contributed by atoms with Gasteiger partial charge in [-0.15, -0.1) is 0 Å². The minimum absolute atomic E-state index is 0.118. The van der Waals surface area contributed by atoms with Crippen molar-refractivity contribution >= 4 is 16.0 Å². The van der Waals surface area contributed by atoms with E-state index >= 15 is 0 Å². The van der Waals surface area contributed by atoms with Crippen LogP contribution in [-0.4, -0.2) is 31.5 Å². The second kappa shape index (κ2) is 4.35. The van der Waals surface area contributed by atoms with E-state index in [1.807, 2.05) is 0 Å². The molecule has 1 amide bonds. The standard InChI is InChI=1S/C6H12N2O4S/c1-4(7)3-8-6(9)5(2)13(10,11)12/h4H,2-3,7H2,1H3,(H,8,9)(H,10,11,12). The highest BCUT2D eigenvalue weighted by molar-refractivity contribution is 7.90. The van der Waals surface area contributed by atoms with Crippen LogP contribution in [0.5, 0.6) is 0 Å². The molecule has 6 nitrogen and oxygen atoms in total. The van der Waals surface area contributed by atoms with Crippen LogP contribution in [0.1, 0.15) is 6.92 Å². The van der Waals surface area contributed by atoms with E-state index in [1.165, 1.54) is 0 Å². The van der Waals surface area contributed by atoms with Crippen LogP contribution in [0.4, 0.5) is 0 Å². The maximum absolute atomic E-state index is 10.9. The van der Waals surface area contributed by atoms with Gasteiger partial charge in [0.05, 0.1) is 0 Å². The molecule has 0 fully saturated rings. The molecule has 13 heavy (non-hydrogen) atoms. The first-order chi connectivity index (χ1) is 5.75. The summed E-state index contributed by atoms with van der Waals surface area (Å²) in [5.74, 6) is -0.945. The lowest BCUT2D eigenvalue weighted by molar-refractivity contribution is -0.116. The SMILES string of the molecule is C=C(C(=O)NCC(C)N)S(=O)(=O)O. The third-order valence-electron chi connectivity index (χ3n) is 1.15. The summed E-state index contributed by atoms with van der Waals surface area (Å²) in [4.78, 5) is 10.0. The van der Waals surface area contributed by atoms with E-state index in [0.29, 0.717) is 0 Å². The number of nitrogens with two attached hydrogens (primary N) is 1. The van der Waals surface area contributed by atoms with E-state index < -0.39 is 20.9 Å². The molecule has 0 aromatic rings. The normalized spacial score (nSPS) is 13.5. The topological polar surface area (TPSA) is 109 Å². The minimum atomic E-state index is -4.50. The van der Waals surface area contributed by atoms with Crippen molar-refractivity contribution in [2.45, 2.75) is 13.0 Å². The van der Waals surface area contributed by atoms with Gasteiger partial charge in [0.25, 0.3) is 16.0 Å². The monoisotopic (exact) mass is 208 g/mol. The zero-order valence-corrected chi connectivity index (χ0v) is 7.97. The summed E-state index contributed by atoms with van der Waals surface area (Å²) >= 11 is 0. The predicted octanol–water partition coefficient (Wildman–Crippen LogP) is -1.15. The van der Waals surface area contributed by atoms with Gasteiger partial charge >= 0.3 is 0 Å². The molecule has 1 unspecified atom stereocenters. The molecule has 0 radical (unpaired) electrons. The molecule has 0 heterocycles. The van der Waals surface area contributed by atoms with Crippen LogP contribution < -0.4 is 11.1 Å². The molecule has 4 N–H and O–H groups in total. The van der Waals surface area contributed by atoms with Gasteiger partial charge in [-0.1, -0.05) is 6.58 Å². The summed E-state index contributed by atoms with van der Waals surface area (Å²) in [6, 6.07) is -0.293. The van der Waals surface area contributed by atoms with Crippen molar-refractivity contribution in [1.29, 1.82) is 0 Å². The summed E-state index contributed by atoms with van der Waals surface area (Å²) < 4.78 is 29.2. The van der Waals surface area contributed by atoms with Gasteiger partial charge in [-0.2, -0.15) is 8.42 Å². The molecule has 0 spiro atoms. The molecule has 0 rings (SSSR count). The second-order valence-corrected chi connectivity index (χ2v) is 4.03. The van der Waals surface area contributed by atoms with E-state index in [4.69, 9.17) is 10.3 Å². The quantitative estimate of drug-likeness (QED) is 0.399. The molecule has 1 atom stereocenters. The number of hydrogen-bond donors (Lipinski definition) is 3. The summed E-state index contributed by atoms with van der Waals surface area (Å²) in [6.45, 7) is 4.67. The van der Waals surface area contributed by atoms with E-state index in [0.717, 1.165) is 0 Å². The highest BCUT2D eigenvalue weighted by Crippen LogP contribution is 1.99. The molecule has 76 valence electrons. The van der Waals surface area contributed by atoms with Crippen molar-refractivity contribution in [2.75, 3.05) is 6.54 Å². The maximum atomic E-state index is 10.9. The van der Waals surface area contributed by atoms with Crippen LogP contribution in [0.3, 0.4) is 0 Å². The molecule has 0 saturated carbocycles. The maximum Gasteiger partial charge on any atom is 0.299 e. The summed E-state index contributed by atoms with van der Waals surface area (Å²) in [5, 5.41) is 2.19. The van der Waals surface area contributed by atoms with E-state index in [1.54, 1.807) is 6.92 Å². The largest absolute Gasteiger partial charge is 0.350 e. The Morgan fingerprint density at radius 3 is 2.46 bits per heavy atom. The highest BCUT2D eigenvalue weighted by Gasteiger charge is 2.19. The molecule has 0 aliphatic carbocycles. The molecule has 0 bridgehead atoms. The Hall–Kier alpha value is -0.920. The zero-order valence-electron chi connectivity index (χ0n) is 7.15. The number of carbonyl (C=O) groups excluding carboxylic acids is 1. The average Bonchev–Trinajstić information content (AvgIpc) is 1.96. The smallest absolute Gasteiger partial charge is 0.299 e. The molecule has 0 saturated heterocycles. The fraction of sp³-hybridized carbons (Fsp3) is 0.500. The van der Waals surface area contributed by atoms with Crippen LogP contribution in [0, 0.1) is 0 Å². The molecule has 0 aliphatic rings. The van der Waals surface area contributed by atoms with Gasteiger partial charge in [0.15, 0.2) is 4.91 Å². The van der Waals surface area contributed by atoms with E-state index in [9.17, 15) is 13.2 Å². The first-order valence-electron chi connectivity index (χ1n) is 3.45. The van der Waals surface area contributed by atoms with Gasteiger partial charge in [-0.3, -0.25) is 9.35 Å². The average molecular weight is 208 g/mol. The summed E-state index contributed by atoms with van der Waals surface area (Å²) in [7, 11) is -4.50.